The van der Waals surface area contributed by atoms with E-state index in [0.717, 1.165) is 48.7 Å². The molecule has 3 aromatic carbocycles. The molecule has 0 atom stereocenters. The first kappa shape index (κ1) is 29.8. The summed E-state index contributed by atoms with van der Waals surface area (Å²) < 4.78 is 0. The Kier molecular flexibility index (Phi) is 9.34. The van der Waals surface area contributed by atoms with Crippen molar-refractivity contribution in [2.75, 3.05) is 54.1 Å². The summed E-state index contributed by atoms with van der Waals surface area (Å²) in [6.45, 7) is 9.37. The van der Waals surface area contributed by atoms with Crippen molar-refractivity contribution in [2.45, 2.75) is 13.3 Å². The van der Waals surface area contributed by atoms with Crippen molar-refractivity contribution in [3.63, 3.8) is 0 Å². The number of aryl methyl sites for hydroxylation is 1. The normalized spacial score (nSPS) is 13.3. The number of piperazine rings is 1. The number of aromatic nitrogens is 2. The zero-order valence-corrected chi connectivity index (χ0v) is 25.0. The van der Waals surface area contributed by atoms with Crippen LogP contribution in [-0.4, -0.2) is 59.8 Å². The molecule has 1 aromatic heterocycles. The van der Waals surface area contributed by atoms with Crippen LogP contribution in [0.15, 0.2) is 85.6 Å². The molecule has 0 unspecified atom stereocenters. The lowest BCUT2D eigenvalue weighted by Crippen LogP contribution is -2.44. The van der Waals surface area contributed by atoms with E-state index in [2.05, 4.69) is 56.5 Å². The predicted molar refractivity (Wildman–Crippen MR) is 174 cm³/mol. The van der Waals surface area contributed by atoms with Gasteiger partial charge in [0.05, 0.1) is 10.7 Å². The quantitative estimate of drug-likeness (QED) is 0.186. The van der Waals surface area contributed by atoms with Gasteiger partial charge in [0.2, 0.25) is 5.95 Å². The van der Waals surface area contributed by atoms with Crippen LogP contribution in [0.2, 0.25) is 5.02 Å². The Balaban J connectivity index is 1.46. The molecule has 0 radical (unpaired) electrons. The van der Waals surface area contributed by atoms with E-state index in [1.807, 2.05) is 55.5 Å². The molecular weight excluding hydrogens is 562 g/mol. The fourth-order valence-electron chi connectivity index (χ4n) is 4.83. The van der Waals surface area contributed by atoms with Gasteiger partial charge in [0.25, 0.3) is 5.91 Å². The zero-order chi connectivity index (χ0) is 30.3. The molecule has 1 fully saturated rings. The summed E-state index contributed by atoms with van der Waals surface area (Å²) in [5.41, 5.74) is 4.87. The van der Waals surface area contributed by atoms with Gasteiger partial charge in [-0.05, 0) is 61.5 Å². The molecule has 1 aliphatic rings. The van der Waals surface area contributed by atoms with E-state index in [0.29, 0.717) is 22.3 Å². The second-order valence-electron chi connectivity index (χ2n) is 10.4. The molecule has 0 bridgehead atoms. The minimum absolute atomic E-state index is 0.119. The monoisotopic (exact) mass is 595 g/mol. The number of benzene rings is 3. The number of hydrogen-bond acceptors (Lipinski definition) is 8. The number of likely N-dealkylation sites (N-methyl/N-ethyl adjacent to an activating group) is 1. The number of nitrogens with zero attached hydrogens (tertiary/aromatic N) is 4. The van der Waals surface area contributed by atoms with Gasteiger partial charge < -0.3 is 25.8 Å². The molecule has 1 amide bonds. The summed E-state index contributed by atoms with van der Waals surface area (Å²) >= 11 is 6.39. The Bertz CT molecular complexity index is 1630. The smallest absolute Gasteiger partial charge is 0.261 e. The van der Waals surface area contributed by atoms with Crippen LogP contribution in [0.25, 0.3) is 0 Å². The number of nitrogens with one attached hydrogen (secondary N) is 3. The number of rotatable bonds is 10. The highest BCUT2D eigenvalue weighted by Gasteiger charge is 2.19. The van der Waals surface area contributed by atoms with Crippen LogP contribution in [-0.2, 0) is 11.2 Å². The average molecular weight is 596 g/mol. The number of carbonyl (C=O) groups is 2. The van der Waals surface area contributed by atoms with Crippen molar-refractivity contribution in [3.8, 4) is 0 Å². The molecule has 1 saturated heterocycles. The van der Waals surface area contributed by atoms with Crippen LogP contribution in [0.5, 0.6) is 0 Å². The maximum Gasteiger partial charge on any atom is 0.261 e. The lowest BCUT2D eigenvalue weighted by atomic mass is 10.1. The van der Waals surface area contributed by atoms with E-state index >= 15 is 0 Å². The van der Waals surface area contributed by atoms with Crippen molar-refractivity contribution in [1.82, 2.24) is 14.9 Å². The van der Waals surface area contributed by atoms with Gasteiger partial charge in [-0.3, -0.25) is 9.59 Å². The van der Waals surface area contributed by atoms with Crippen molar-refractivity contribution >= 4 is 57.8 Å². The second-order valence-corrected chi connectivity index (χ2v) is 10.8. The highest BCUT2D eigenvalue weighted by molar-refractivity contribution is 6.34. The Labute approximate surface area is 256 Å². The predicted octanol–water partition coefficient (Wildman–Crippen LogP) is 6.23. The third kappa shape index (κ3) is 7.38. The Morgan fingerprint density at radius 3 is 2.53 bits per heavy atom. The van der Waals surface area contributed by atoms with Crippen LogP contribution in [0, 0.1) is 6.92 Å². The minimum atomic E-state index is -0.429. The maximum atomic E-state index is 13.6. The van der Waals surface area contributed by atoms with Crippen LogP contribution in [0.3, 0.4) is 0 Å². The Morgan fingerprint density at radius 2 is 1.77 bits per heavy atom. The lowest BCUT2D eigenvalue weighted by molar-refractivity contribution is -0.114. The van der Waals surface area contributed by atoms with E-state index in [1.54, 1.807) is 6.07 Å². The van der Waals surface area contributed by atoms with Crippen LogP contribution in [0.4, 0.5) is 34.5 Å². The summed E-state index contributed by atoms with van der Waals surface area (Å²) in [5.74, 6) is 0.0326. The highest BCUT2D eigenvalue weighted by atomic mass is 35.5. The fraction of sp³-hybridized carbons (Fsp3) is 0.212. The minimum Gasteiger partial charge on any atom is -0.369 e. The van der Waals surface area contributed by atoms with Gasteiger partial charge in [0.15, 0.2) is 5.78 Å². The van der Waals surface area contributed by atoms with E-state index in [4.69, 9.17) is 16.6 Å². The largest absolute Gasteiger partial charge is 0.369 e. The molecule has 0 aliphatic carbocycles. The standard InChI is InChI=1S/C33H34ClN7O2/c1-4-26(42)19-23-10-5-6-14-29(23)37-31-27(32(43)38-30-22(2)9-7-13-28(30)34)21-35-33(39-31)36-24-11-8-12-25(20-24)41-17-15-40(3)16-18-41/h4-14,20-21H,1,15-19H2,2-3H3,(H,38,43)(H2,35,36,37,39). The number of halogens is 1. The van der Waals surface area contributed by atoms with Gasteiger partial charge in [0, 0.05) is 55.9 Å². The molecule has 1 aliphatic heterocycles. The molecule has 43 heavy (non-hydrogen) atoms. The molecule has 9 nitrogen and oxygen atoms in total. The first-order valence-electron chi connectivity index (χ1n) is 14.0. The number of allylic oxidation sites excluding steroid dienone is 1. The van der Waals surface area contributed by atoms with Crippen LogP contribution in [0.1, 0.15) is 21.5 Å². The van der Waals surface area contributed by atoms with E-state index < -0.39 is 5.91 Å². The molecule has 0 saturated carbocycles. The third-order valence-corrected chi connectivity index (χ3v) is 7.64. The maximum absolute atomic E-state index is 13.6. The van der Waals surface area contributed by atoms with Gasteiger partial charge in [-0.15, -0.1) is 0 Å². The lowest BCUT2D eigenvalue weighted by Gasteiger charge is -2.34. The van der Waals surface area contributed by atoms with Gasteiger partial charge in [-0.25, -0.2) is 4.98 Å². The van der Waals surface area contributed by atoms with Gasteiger partial charge in [-0.2, -0.15) is 4.98 Å². The molecule has 2 heterocycles. The van der Waals surface area contributed by atoms with Crippen LogP contribution < -0.4 is 20.9 Å². The number of ketones is 1. The fourth-order valence-corrected chi connectivity index (χ4v) is 5.10. The SMILES string of the molecule is C=CC(=O)Cc1ccccc1Nc1nc(Nc2cccc(N3CCN(C)CC3)c2)ncc1C(=O)Nc1c(C)cccc1Cl. The number of hydrogen-bond donors (Lipinski definition) is 3. The van der Waals surface area contributed by atoms with Crippen molar-refractivity contribution in [3.05, 3.63) is 107 Å². The van der Waals surface area contributed by atoms with E-state index in [-0.39, 0.29) is 23.6 Å². The molecule has 220 valence electrons. The number of amides is 1. The molecule has 5 rings (SSSR count). The summed E-state index contributed by atoms with van der Waals surface area (Å²) in [7, 11) is 2.13. The Morgan fingerprint density at radius 1 is 1.00 bits per heavy atom. The summed E-state index contributed by atoms with van der Waals surface area (Å²) in [4.78, 5) is 39.6. The molecule has 0 spiro atoms. The first-order valence-corrected chi connectivity index (χ1v) is 14.4. The number of para-hydroxylation sites is 2. The first-order chi connectivity index (χ1) is 20.8. The van der Waals surface area contributed by atoms with E-state index in [1.165, 1.54) is 12.3 Å². The summed E-state index contributed by atoms with van der Waals surface area (Å²) in [5, 5.41) is 9.90. The second kappa shape index (κ2) is 13.5. The molecule has 4 aromatic rings. The third-order valence-electron chi connectivity index (χ3n) is 7.33. The van der Waals surface area contributed by atoms with Crippen molar-refractivity contribution in [1.29, 1.82) is 0 Å². The molecule has 3 N–H and O–H groups in total. The van der Waals surface area contributed by atoms with Gasteiger partial charge >= 0.3 is 0 Å². The number of carbonyl (C=O) groups excluding carboxylic acids is 2. The summed E-state index contributed by atoms with van der Waals surface area (Å²) in [6.07, 6.45) is 2.92. The topological polar surface area (TPSA) is 102 Å². The van der Waals surface area contributed by atoms with Crippen molar-refractivity contribution in [2.24, 2.45) is 0 Å². The van der Waals surface area contributed by atoms with Crippen LogP contribution >= 0.6 is 11.6 Å². The Hall–Kier alpha value is -4.73. The molecule has 10 heteroatoms. The van der Waals surface area contributed by atoms with Gasteiger partial charge in [-0.1, -0.05) is 54.6 Å². The van der Waals surface area contributed by atoms with Crippen molar-refractivity contribution < 1.29 is 9.59 Å². The highest BCUT2D eigenvalue weighted by Crippen LogP contribution is 2.29. The average Bonchev–Trinajstić information content (AvgIpc) is 3.00. The zero-order valence-electron chi connectivity index (χ0n) is 24.2. The molecular formula is C33H34ClN7O2. The van der Waals surface area contributed by atoms with E-state index in [9.17, 15) is 9.59 Å². The summed E-state index contributed by atoms with van der Waals surface area (Å²) in [6, 6.07) is 20.9. The number of anilines is 6. The van der Waals surface area contributed by atoms with Gasteiger partial charge in [0.1, 0.15) is 11.4 Å².